The summed E-state index contributed by atoms with van der Waals surface area (Å²) in [5.74, 6) is -0.517. The van der Waals surface area contributed by atoms with Gasteiger partial charge in [-0.3, -0.25) is 4.79 Å². The number of halogens is 3. The van der Waals surface area contributed by atoms with Crippen molar-refractivity contribution in [1.82, 2.24) is 10.6 Å². The summed E-state index contributed by atoms with van der Waals surface area (Å²) in [6.07, 6.45) is -3.40. The average Bonchev–Trinajstić information content (AvgIpc) is 2.60. The fourth-order valence-corrected chi connectivity index (χ4v) is 2.79. The molecule has 0 spiro atoms. The number of hydrogen-bond acceptors (Lipinski definition) is 4. The van der Waals surface area contributed by atoms with Crippen molar-refractivity contribution in [2.45, 2.75) is 37.6 Å². The molecule has 1 unspecified atom stereocenters. The predicted octanol–water partition coefficient (Wildman–Crippen LogP) is 2.36. The summed E-state index contributed by atoms with van der Waals surface area (Å²) in [7, 11) is 1.49. The summed E-state index contributed by atoms with van der Waals surface area (Å²) in [6, 6.07) is 4.55. The molecular formula is C17H23F3N2O3. The molecule has 1 aromatic rings. The zero-order chi connectivity index (χ0) is 18.5. The number of methoxy groups -OCH3 is 1. The molecule has 8 heteroatoms. The number of piperidine rings is 1. The molecule has 1 aliphatic heterocycles. The Morgan fingerprint density at radius 3 is 2.56 bits per heavy atom. The van der Waals surface area contributed by atoms with Crippen molar-refractivity contribution < 1.29 is 27.4 Å². The van der Waals surface area contributed by atoms with Crippen LogP contribution in [0.15, 0.2) is 24.3 Å². The largest absolute Gasteiger partial charge is 0.491 e. The van der Waals surface area contributed by atoms with Gasteiger partial charge in [0.15, 0.2) is 0 Å². The van der Waals surface area contributed by atoms with Gasteiger partial charge < -0.3 is 20.1 Å². The van der Waals surface area contributed by atoms with E-state index >= 15 is 0 Å². The number of alkyl halides is 3. The highest BCUT2D eigenvalue weighted by Gasteiger charge is 2.40. The number of ether oxygens (including phenoxy) is 2. The fourth-order valence-electron chi connectivity index (χ4n) is 2.79. The van der Waals surface area contributed by atoms with Gasteiger partial charge in [-0.15, -0.1) is 0 Å². The Kier molecular flexibility index (Phi) is 6.29. The Hall–Kier alpha value is -1.80. The molecule has 140 valence electrons. The van der Waals surface area contributed by atoms with Gasteiger partial charge in [0.1, 0.15) is 18.0 Å². The quantitative estimate of drug-likeness (QED) is 0.818. The second kappa shape index (κ2) is 8.05. The van der Waals surface area contributed by atoms with Gasteiger partial charge in [-0.25, -0.2) is 0 Å². The molecule has 0 bridgehead atoms. The van der Waals surface area contributed by atoms with E-state index in [1.54, 1.807) is 6.92 Å². The highest BCUT2D eigenvalue weighted by molar-refractivity contribution is 5.85. The zero-order valence-corrected chi connectivity index (χ0v) is 14.3. The minimum Gasteiger partial charge on any atom is -0.491 e. The Balaban J connectivity index is 1.95. The van der Waals surface area contributed by atoms with E-state index in [1.807, 2.05) is 0 Å². The van der Waals surface area contributed by atoms with E-state index in [-0.39, 0.29) is 18.3 Å². The van der Waals surface area contributed by atoms with Crippen molar-refractivity contribution in [1.29, 1.82) is 0 Å². The van der Waals surface area contributed by atoms with Crippen LogP contribution in [0.5, 0.6) is 5.75 Å². The van der Waals surface area contributed by atoms with Crippen LogP contribution in [-0.2, 0) is 15.7 Å². The molecule has 25 heavy (non-hydrogen) atoms. The Labute approximate surface area is 144 Å². The predicted molar refractivity (Wildman–Crippen MR) is 86.4 cm³/mol. The van der Waals surface area contributed by atoms with Crippen molar-refractivity contribution in [3.63, 3.8) is 0 Å². The number of carbonyl (C=O) groups is 1. The van der Waals surface area contributed by atoms with Gasteiger partial charge in [0.2, 0.25) is 0 Å². The zero-order valence-electron chi connectivity index (χ0n) is 14.3. The standard InChI is InChI=1S/C17H23F3N2O3/c1-12(22-15(23)16(24-2)7-9-21-10-8-16)11-25-14-6-4-3-5-13(14)17(18,19)20/h3-6,12,21H,7-11H2,1-2H3,(H,22,23). The second-order valence-corrected chi connectivity index (χ2v) is 6.13. The highest BCUT2D eigenvalue weighted by Crippen LogP contribution is 2.35. The van der Waals surface area contributed by atoms with Crippen LogP contribution in [0.3, 0.4) is 0 Å². The van der Waals surface area contributed by atoms with Crippen molar-refractivity contribution in [2.75, 3.05) is 26.8 Å². The normalized spacial score (nSPS) is 18.4. The van der Waals surface area contributed by atoms with Crippen LogP contribution in [0.1, 0.15) is 25.3 Å². The molecule has 1 aromatic carbocycles. The van der Waals surface area contributed by atoms with Crippen LogP contribution in [0.25, 0.3) is 0 Å². The van der Waals surface area contributed by atoms with E-state index in [9.17, 15) is 18.0 Å². The molecule has 2 N–H and O–H groups in total. The maximum absolute atomic E-state index is 12.9. The number of carbonyl (C=O) groups excluding carboxylic acids is 1. The van der Waals surface area contributed by atoms with E-state index in [2.05, 4.69) is 10.6 Å². The summed E-state index contributed by atoms with van der Waals surface area (Å²) in [4.78, 5) is 12.5. The highest BCUT2D eigenvalue weighted by atomic mass is 19.4. The summed E-state index contributed by atoms with van der Waals surface area (Å²) in [5.41, 5.74) is -1.73. The number of para-hydroxylation sites is 1. The van der Waals surface area contributed by atoms with Crippen molar-refractivity contribution in [2.24, 2.45) is 0 Å². The van der Waals surface area contributed by atoms with E-state index in [0.29, 0.717) is 25.9 Å². The van der Waals surface area contributed by atoms with Crippen molar-refractivity contribution in [3.05, 3.63) is 29.8 Å². The molecule has 5 nitrogen and oxygen atoms in total. The molecule has 0 saturated carbocycles. The molecule has 0 radical (unpaired) electrons. The minimum absolute atomic E-state index is 0.0725. The monoisotopic (exact) mass is 360 g/mol. The fraction of sp³-hybridized carbons (Fsp3) is 0.588. The summed E-state index contributed by atoms with van der Waals surface area (Å²) in [5, 5.41) is 5.93. The molecule has 1 heterocycles. The first-order valence-corrected chi connectivity index (χ1v) is 8.14. The van der Waals surface area contributed by atoms with Crippen LogP contribution < -0.4 is 15.4 Å². The van der Waals surface area contributed by atoms with Crippen LogP contribution in [0, 0.1) is 0 Å². The molecule has 0 aromatic heterocycles. The SMILES string of the molecule is COC1(C(=O)NC(C)COc2ccccc2C(F)(F)F)CCNCC1. The lowest BCUT2D eigenvalue weighted by atomic mass is 9.91. The summed E-state index contributed by atoms with van der Waals surface area (Å²) in [6.45, 7) is 2.95. The van der Waals surface area contributed by atoms with Gasteiger partial charge in [0.05, 0.1) is 11.6 Å². The number of nitrogens with one attached hydrogen (secondary N) is 2. The Morgan fingerprint density at radius 1 is 1.32 bits per heavy atom. The molecule has 1 amide bonds. The molecule has 1 fully saturated rings. The molecule has 2 rings (SSSR count). The lowest BCUT2D eigenvalue weighted by molar-refractivity contribution is -0.147. The molecular weight excluding hydrogens is 337 g/mol. The molecule has 1 atom stereocenters. The second-order valence-electron chi connectivity index (χ2n) is 6.13. The van der Waals surface area contributed by atoms with Crippen LogP contribution in [0.4, 0.5) is 13.2 Å². The summed E-state index contributed by atoms with van der Waals surface area (Å²) < 4.78 is 49.6. The van der Waals surface area contributed by atoms with Crippen LogP contribution in [0.2, 0.25) is 0 Å². The number of rotatable bonds is 6. The van der Waals surface area contributed by atoms with E-state index in [4.69, 9.17) is 9.47 Å². The number of benzene rings is 1. The van der Waals surface area contributed by atoms with E-state index in [1.165, 1.54) is 25.3 Å². The van der Waals surface area contributed by atoms with Gasteiger partial charge in [0.25, 0.3) is 5.91 Å². The third kappa shape index (κ3) is 4.85. The summed E-state index contributed by atoms with van der Waals surface area (Å²) >= 11 is 0. The lowest BCUT2D eigenvalue weighted by Gasteiger charge is -2.35. The topological polar surface area (TPSA) is 59.6 Å². The Bertz CT molecular complexity index is 587. The van der Waals surface area contributed by atoms with Crippen molar-refractivity contribution >= 4 is 5.91 Å². The van der Waals surface area contributed by atoms with Gasteiger partial charge in [-0.1, -0.05) is 12.1 Å². The maximum Gasteiger partial charge on any atom is 0.419 e. The molecule has 0 aliphatic carbocycles. The average molecular weight is 360 g/mol. The van der Waals surface area contributed by atoms with Gasteiger partial charge in [-0.2, -0.15) is 13.2 Å². The van der Waals surface area contributed by atoms with E-state index < -0.39 is 23.4 Å². The lowest BCUT2D eigenvalue weighted by Crippen LogP contribution is -2.56. The first-order chi connectivity index (χ1) is 11.8. The van der Waals surface area contributed by atoms with Gasteiger partial charge in [-0.05, 0) is 45.0 Å². The van der Waals surface area contributed by atoms with Gasteiger partial charge >= 0.3 is 6.18 Å². The third-order valence-corrected chi connectivity index (χ3v) is 4.27. The Morgan fingerprint density at radius 2 is 1.96 bits per heavy atom. The maximum atomic E-state index is 12.9. The van der Waals surface area contributed by atoms with E-state index in [0.717, 1.165) is 6.07 Å². The minimum atomic E-state index is -4.49. The number of hydrogen-bond donors (Lipinski definition) is 2. The van der Waals surface area contributed by atoms with Crippen LogP contribution >= 0.6 is 0 Å². The van der Waals surface area contributed by atoms with Crippen LogP contribution in [-0.4, -0.2) is 44.4 Å². The third-order valence-electron chi connectivity index (χ3n) is 4.27. The first kappa shape index (κ1) is 19.5. The smallest absolute Gasteiger partial charge is 0.419 e. The number of amides is 1. The molecule has 1 saturated heterocycles. The van der Waals surface area contributed by atoms with Crippen molar-refractivity contribution in [3.8, 4) is 5.75 Å². The first-order valence-electron chi connectivity index (χ1n) is 8.14. The molecule has 1 aliphatic rings. The van der Waals surface area contributed by atoms with Gasteiger partial charge in [0, 0.05) is 7.11 Å².